The summed E-state index contributed by atoms with van der Waals surface area (Å²) in [7, 11) is -3.04. The largest absolute Gasteiger partial charge is 0.487 e. The Labute approximate surface area is 180 Å². The van der Waals surface area contributed by atoms with E-state index in [0.717, 1.165) is 11.1 Å². The van der Waals surface area contributed by atoms with Crippen LogP contribution in [0.2, 0.25) is 5.02 Å². The number of fused-ring (bicyclic) bond motifs is 1. The fourth-order valence-electron chi connectivity index (χ4n) is 4.00. The number of nitrogens with two attached hydrogens (primary N) is 1. The van der Waals surface area contributed by atoms with Crippen LogP contribution >= 0.6 is 11.6 Å². The average Bonchev–Trinajstić information content (AvgIpc) is 2.74. The number of benzene rings is 2. The van der Waals surface area contributed by atoms with Crippen molar-refractivity contribution in [2.24, 2.45) is 5.90 Å². The SMILES string of the molecule is N#Cc1ccc2c(c1)[C@@H](OCc1ccc(Cl)cc1ON)CC1(CCS(=O)(=O)CC1)O2. The van der Waals surface area contributed by atoms with Crippen molar-refractivity contribution in [1.29, 1.82) is 5.26 Å². The topological polar surface area (TPSA) is 112 Å². The van der Waals surface area contributed by atoms with Crippen LogP contribution < -0.4 is 15.5 Å². The van der Waals surface area contributed by atoms with E-state index in [2.05, 4.69) is 6.07 Å². The van der Waals surface area contributed by atoms with E-state index < -0.39 is 15.4 Å². The molecule has 0 aromatic heterocycles. The van der Waals surface area contributed by atoms with Gasteiger partial charge < -0.3 is 14.3 Å². The number of nitrogens with zero attached hydrogens (tertiary/aromatic N) is 1. The summed E-state index contributed by atoms with van der Waals surface area (Å²) in [5.74, 6) is 6.57. The number of ether oxygens (including phenoxy) is 2. The van der Waals surface area contributed by atoms with Gasteiger partial charge in [0.15, 0.2) is 15.6 Å². The Balaban J connectivity index is 1.63. The minimum atomic E-state index is -3.04. The van der Waals surface area contributed by atoms with Crippen LogP contribution in [0.15, 0.2) is 36.4 Å². The van der Waals surface area contributed by atoms with E-state index in [1.165, 1.54) is 0 Å². The molecule has 0 aliphatic carbocycles. The van der Waals surface area contributed by atoms with Crippen molar-refractivity contribution in [3.8, 4) is 17.6 Å². The van der Waals surface area contributed by atoms with Crippen LogP contribution in [0.3, 0.4) is 0 Å². The van der Waals surface area contributed by atoms with E-state index in [1.54, 1.807) is 36.4 Å². The van der Waals surface area contributed by atoms with Gasteiger partial charge in [-0.1, -0.05) is 17.7 Å². The summed E-state index contributed by atoms with van der Waals surface area (Å²) in [5, 5.41) is 9.78. The van der Waals surface area contributed by atoms with Gasteiger partial charge >= 0.3 is 0 Å². The molecule has 158 valence electrons. The third kappa shape index (κ3) is 4.25. The summed E-state index contributed by atoms with van der Waals surface area (Å²) < 4.78 is 36.4. The van der Waals surface area contributed by atoms with E-state index in [4.69, 9.17) is 31.8 Å². The van der Waals surface area contributed by atoms with Gasteiger partial charge in [-0.15, -0.1) is 0 Å². The lowest BCUT2D eigenvalue weighted by Gasteiger charge is -2.44. The molecular formula is C21H21ClN2O5S. The molecule has 1 fully saturated rings. The second kappa shape index (κ2) is 8.08. The molecule has 2 aromatic carbocycles. The summed E-state index contributed by atoms with van der Waals surface area (Å²) in [5.41, 5.74) is 1.40. The first-order valence-corrected chi connectivity index (χ1v) is 11.7. The van der Waals surface area contributed by atoms with Gasteiger partial charge in [-0.2, -0.15) is 11.2 Å². The fourth-order valence-corrected chi connectivity index (χ4v) is 5.73. The normalized spacial score (nSPS) is 21.3. The molecule has 2 aliphatic heterocycles. The average molecular weight is 449 g/mol. The summed E-state index contributed by atoms with van der Waals surface area (Å²) in [6.07, 6.45) is 0.945. The van der Waals surface area contributed by atoms with Crippen LogP contribution in [0, 0.1) is 11.3 Å². The maximum Gasteiger partial charge on any atom is 0.153 e. The summed E-state index contributed by atoms with van der Waals surface area (Å²) in [6.45, 7) is 0.207. The Morgan fingerprint density at radius 3 is 2.70 bits per heavy atom. The minimum absolute atomic E-state index is 0.0910. The number of sulfone groups is 1. The highest BCUT2D eigenvalue weighted by molar-refractivity contribution is 7.91. The molecular weight excluding hydrogens is 428 g/mol. The highest BCUT2D eigenvalue weighted by Crippen LogP contribution is 2.47. The lowest BCUT2D eigenvalue weighted by Crippen LogP contribution is -2.47. The zero-order valence-electron chi connectivity index (χ0n) is 16.1. The van der Waals surface area contributed by atoms with Crippen molar-refractivity contribution in [3.63, 3.8) is 0 Å². The maximum absolute atomic E-state index is 11.9. The molecule has 30 heavy (non-hydrogen) atoms. The Morgan fingerprint density at radius 2 is 2.00 bits per heavy atom. The Hall–Kier alpha value is -2.31. The van der Waals surface area contributed by atoms with Crippen LogP contribution in [-0.2, 0) is 21.2 Å². The molecule has 0 bridgehead atoms. The number of rotatable bonds is 4. The van der Waals surface area contributed by atoms with E-state index in [9.17, 15) is 13.7 Å². The lowest BCUT2D eigenvalue weighted by molar-refractivity contribution is -0.0592. The van der Waals surface area contributed by atoms with E-state index in [0.29, 0.717) is 41.3 Å². The minimum Gasteiger partial charge on any atom is -0.487 e. The smallest absolute Gasteiger partial charge is 0.153 e. The molecule has 7 nitrogen and oxygen atoms in total. The summed E-state index contributed by atoms with van der Waals surface area (Å²) in [6, 6.07) is 12.5. The molecule has 2 aromatic rings. The maximum atomic E-state index is 11.9. The van der Waals surface area contributed by atoms with E-state index in [-0.39, 0.29) is 24.2 Å². The molecule has 0 amide bonds. The first-order valence-electron chi connectivity index (χ1n) is 9.53. The molecule has 9 heteroatoms. The Bertz CT molecular complexity index is 1100. The molecule has 2 N–H and O–H groups in total. The summed E-state index contributed by atoms with van der Waals surface area (Å²) >= 11 is 5.99. The van der Waals surface area contributed by atoms with Crippen molar-refractivity contribution in [3.05, 3.63) is 58.1 Å². The number of hydrogen-bond donors (Lipinski definition) is 1. The van der Waals surface area contributed by atoms with Gasteiger partial charge in [0.25, 0.3) is 0 Å². The van der Waals surface area contributed by atoms with Crippen molar-refractivity contribution in [2.75, 3.05) is 11.5 Å². The monoisotopic (exact) mass is 448 g/mol. The van der Waals surface area contributed by atoms with Crippen molar-refractivity contribution >= 4 is 21.4 Å². The van der Waals surface area contributed by atoms with E-state index >= 15 is 0 Å². The van der Waals surface area contributed by atoms with Crippen LogP contribution in [0.5, 0.6) is 11.5 Å². The quantitative estimate of drug-likeness (QED) is 0.713. The molecule has 0 saturated carbocycles. The molecule has 0 radical (unpaired) electrons. The molecule has 0 unspecified atom stereocenters. The van der Waals surface area contributed by atoms with Gasteiger partial charge in [-0.3, -0.25) is 0 Å². The predicted molar refractivity (Wildman–Crippen MR) is 111 cm³/mol. The van der Waals surface area contributed by atoms with Gasteiger partial charge in [0.05, 0.1) is 35.8 Å². The molecule has 1 atom stereocenters. The second-order valence-corrected chi connectivity index (χ2v) is 10.4. The van der Waals surface area contributed by atoms with Crippen molar-refractivity contribution in [1.82, 2.24) is 0 Å². The molecule has 1 saturated heterocycles. The molecule has 1 spiro atoms. The first-order chi connectivity index (χ1) is 14.3. The molecule has 2 heterocycles. The number of halogens is 1. The predicted octanol–water partition coefficient (Wildman–Crippen LogP) is 3.45. The van der Waals surface area contributed by atoms with E-state index in [1.807, 2.05) is 0 Å². The van der Waals surface area contributed by atoms with Crippen molar-refractivity contribution < 1.29 is 22.7 Å². The third-order valence-corrected chi connectivity index (χ3v) is 7.59. The molecule has 4 rings (SSSR count). The van der Waals surface area contributed by atoms with Gasteiger partial charge in [0.1, 0.15) is 11.4 Å². The number of hydrogen-bond acceptors (Lipinski definition) is 7. The van der Waals surface area contributed by atoms with Gasteiger partial charge in [0.2, 0.25) is 0 Å². The third-order valence-electron chi connectivity index (χ3n) is 5.70. The zero-order chi connectivity index (χ0) is 21.4. The zero-order valence-corrected chi connectivity index (χ0v) is 17.7. The van der Waals surface area contributed by atoms with Gasteiger partial charge in [-0.05, 0) is 24.3 Å². The fraction of sp³-hybridized carbons (Fsp3) is 0.381. The van der Waals surface area contributed by atoms with Gasteiger partial charge in [-0.25, -0.2) is 8.42 Å². The Kier molecular flexibility index (Phi) is 5.64. The standard InChI is InChI=1S/C21H21ClN2O5S/c22-16-3-2-15(19(10-16)29-24)13-27-20-11-21(5-7-30(25,26)8-6-21)28-18-4-1-14(12-23)9-17(18)20/h1-4,9-10,20H,5-8,11,13,24H2/t20-/m0/s1. The number of nitriles is 1. The van der Waals surface area contributed by atoms with Crippen molar-refractivity contribution in [2.45, 2.75) is 37.6 Å². The lowest BCUT2D eigenvalue weighted by atomic mass is 9.84. The van der Waals surface area contributed by atoms with Crippen LogP contribution in [0.25, 0.3) is 0 Å². The highest BCUT2D eigenvalue weighted by Gasteiger charge is 2.45. The summed E-state index contributed by atoms with van der Waals surface area (Å²) in [4.78, 5) is 4.91. The van der Waals surface area contributed by atoms with Crippen LogP contribution in [0.4, 0.5) is 0 Å². The highest BCUT2D eigenvalue weighted by atomic mass is 35.5. The first kappa shape index (κ1) is 20.9. The Morgan fingerprint density at radius 1 is 1.23 bits per heavy atom. The molecule has 2 aliphatic rings. The van der Waals surface area contributed by atoms with Crippen LogP contribution in [-0.4, -0.2) is 25.5 Å². The second-order valence-electron chi connectivity index (χ2n) is 7.67. The van der Waals surface area contributed by atoms with Gasteiger partial charge in [0, 0.05) is 41.5 Å². The van der Waals surface area contributed by atoms with Crippen LogP contribution in [0.1, 0.15) is 42.1 Å².